The van der Waals surface area contributed by atoms with Gasteiger partial charge in [-0.3, -0.25) is 4.79 Å². The molecule has 2 aromatic carbocycles. The van der Waals surface area contributed by atoms with Crippen LogP contribution in [0, 0.1) is 6.92 Å². The first-order valence-corrected chi connectivity index (χ1v) is 8.91. The molecule has 0 heterocycles. The lowest BCUT2D eigenvalue weighted by Crippen LogP contribution is -2.32. The van der Waals surface area contributed by atoms with Gasteiger partial charge in [-0.25, -0.2) is 13.1 Å². The van der Waals surface area contributed by atoms with E-state index < -0.39 is 22.5 Å². The minimum atomic E-state index is -3.63. The number of nitrogens with one attached hydrogen (secondary N) is 1. The van der Waals surface area contributed by atoms with E-state index in [2.05, 4.69) is 4.72 Å². The van der Waals surface area contributed by atoms with Crippen LogP contribution >= 0.6 is 0 Å². The monoisotopic (exact) mass is 349 g/mol. The summed E-state index contributed by atoms with van der Waals surface area (Å²) < 4.78 is 36.5. The molecule has 0 amide bonds. The molecule has 0 aliphatic heterocycles. The lowest BCUT2D eigenvalue weighted by atomic mass is 10.2. The fourth-order valence-electron chi connectivity index (χ4n) is 1.99. The number of para-hydroxylation sites is 2. The number of ether oxygens (including phenoxy) is 2. The second-order valence-corrected chi connectivity index (χ2v) is 7.00. The molecule has 0 unspecified atom stereocenters. The minimum Gasteiger partial charge on any atom is -0.493 e. The molecule has 0 atom stereocenters. The average molecular weight is 349 g/mol. The number of carbonyl (C=O) groups excluding carboxylic acids is 1. The number of benzene rings is 2. The molecular weight excluding hydrogens is 330 g/mol. The maximum Gasteiger partial charge on any atom is 0.326 e. The molecule has 6 nitrogen and oxygen atoms in total. The summed E-state index contributed by atoms with van der Waals surface area (Å²) in [5, 5.41) is 0. The van der Waals surface area contributed by atoms with Crippen molar-refractivity contribution in [3.05, 3.63) is 59.7 Å². The van der Waals surface area contributed by atoms with E-state index in [9.17, 15) is 13.2 Å². The van der Waals surface area contributed by atoms with Gasteiger partial charge in [0.15, 0.2) is 11.5 Å². The number of carbonyl (C=O) groups is 1. The van der Waals surface area contributed by atoms with E-state index in [0.29, 0.717) is 11.3 Å². The first-order valence-electron chi connectivity index (χ1n) is 7.26. The smallest absolute Gasteiger partial charge is 0.326 e. The summed E-state index contributed by atoms with van der Waals surface area (Å²) in [6.45, 7) is 1.47. The van der Waals surface area contributed by atoms with Crippen molar-refractivity contribution in [3.63, 3.8) is 0 Å². The van der Waals surface area contributed by atoms with Gasteiger partial charge in [0, 0.05) is 0 Å². The van der Waals surface area contributed by atoms with Crippen LogP contribution in [0.1, 0.15) is 11.1 Å². The predicted molar refractivity (Wildman–Crippen MR) is 90.4 cm³/mol. The number of hydrogen-bond acceptors (Lipinski definition) is 5. The van der Waals surface area contributed by atoms with Crippen molar-refractivity contribution in [1.29, 1.82) is 0 Å². The zero-order chi connectivity index (χ0) is 17.6. The van der Waals surface area contributed by atoms with Gasteiger partial charge < -0.3 is 9.47 Å². The van der Waals surface area contributed by atoms with Gasteiger partial charge in [0.25, 0.3) is 0 Å². The topological polar surface area (TPSA) is 81.7 Å². The quantitative estimate of drug-likeness (QED) is 0.611. The molecule has 0 aliphatic rings. The summed E-state index contributed by atoms with van der Waals surface area (Å²) in [7, 11) is -2.18. The standard InChI is InChI=1S/C17H19NO5S/c1-13-7-9-14(10-8-13)12-24(20,21)18-11-17(19)23-16-6-4-3-5-15(16)22-2/h3-10,18H,11-12H2,1-2H3. The summed E-state index contributed by atoms with van der Waals surface area (Å²) in [5.41, 5.74) is 1.69. The van der Waals surface area contributed by atoms with E-state index in [4.69, 9.17) is 9.47 Å². The normalized spacial score (nSPS) is 11.1. The molecule has 0 fully saturated rings. The Labute approximate surface area is 141 Å². The van der Waals surface area contributed by atoms with Gasteiger partial charge in [-0.2, -0.15) is 0 Å². The highest BCUT2D eigenvalue weighted by atomic mass is 32.2. The van der Waals surface area contributed by atoms with E-state index in [0.717, 1.165) is 5.56 Å². The van der Waals surface area contributed by atoms with Crippen LogP contribution in [0.5, 0.6) is 11.5 Å². The summed E-state index contributed by atoms with van der Waals surface area (Å²) in [5.74, 6) is -0.280. The lowest BCUT2D eigenvalue weighted by Gasteiger charge is -2.10. The molecule has 0 saturated carbocycles. The van der Waals surface area contributed by atoms with Gasteiger partial charge in [-0.1, -0.05) is 42.0 Å². The van der Waals surface area contributed by atoms with E-state index >= 15 is 0 Å². The number of sulfonamides is 1. The molecule has 2 aromatic rings. The molecule has 0 spiro atoms. The number of methoxy groups -OCH3 is 1. The molecule has 7 heteroatoms. The molecule has 24 heavy (non-hydrogen) atoms. The van der Waals surface area contributed by atoms with Crippen molar-refractivity contribution < 1.29 is 22.7 Å². The third kappa shape index (κ3) is 5.36. The Morgan fingerprint density at radius 3 is 2.29 bits per heavy atom. The Bertz CT molecular complexity index is 800. The van der Waals surface area contributed by atoms with Crippen LogP contribution in [0.2, 0.25) is 0 Å². The van der Waals surface area contributed by atoms with E-state index in [1.165, 1.54) is 7.11 Å². The van der Waals surface area contributed by atoms with Gasteiger partial charge in [-0.05, 0) is 24.6 Å². The second-order valence-electron chi connectivity index (χ2n) is 5.19. The summed E-state index contributed by atoms with van der Waals surface area (Å²) in [6, 6.07) is 13.8. The molecule has 128 valence electrons. The van der Waals surface area contributed by atoms with Crippen LogP contribution in [-0.2, 0) is 20.6 Å². The third-order valence-corrected chi connectivity index (χ3v) is 4.50. The predicted octanol–water partition coefficient (Wildman–Crippen LogP) is 2.03. The van der Waals surface area contributed by atoms with Crippen molar-refractivity contribution >= 4 is 16.0 Å². The highest BCUT2D eigenvalue weighted by Gasteiger charge is 2.15. The molecule has 0 radical (unpaired) electrons. The Balaban J connectivity index is 1.91. The first kappa shape index (κ1) is 18.0. The van der Waals surface area contributed by atoms with Gasteiger partial charge in [-0.15, -0.1) is 0 Å². The van der Waals surface area contributed by atoms with E-state index in [1.54, 1.807) is 36.4 Å². The second kappa shape index (κ2) is 7.94. The summed E-state index contributed by atoms with van der Waals surface area (Å²) in [4.78, 5) is 11.8. The van der Waals surface area contributed by atoms with Crippen molar-refractivity contribution in [2.24, 2.45) is 0 Å². The zero-order valence-electron chi connectivity index (χ0n) is 13.5. The molecule has 0 saturated heterocycles. The Morgan fingerprint density at radius 2 is 1.67 bits per heavy atom. The minimum absolute atomic E-state index is 0.199. The van der Waals surface area contributed by atoms with E-state index in [1.807, 2.05) is 19.1 Å². The zero-order valence-corrected chi connectivity index (χ0v) is 14.3. The maximum absolute atomic E-state index is 12.0. The number of rotatable bonds is 7. The van der Waals surface area contributed by atoms with Crippen LogP contribution < -0.4 is 14.2 Å². The molecule has 0 aliphatic carbocycles. The van der Waals surface area contributed by atoms with E-state index in [-0.39, 0.29) is 11.5 Å². The average Bonchev–Trinajstić information content (AvgIpc) is 2.56. The van der Waals surface area contributed by atoms with Crippen LogP contribution in [0.4, 0.5) is 0 Å². The first-order chi connectivity index (χ1) is 11.4. The molecule has 0 aromatic heterocycles. The van der Waals surface area contributed by atoms with Gasteiger partial charge >= 0.3 is 5.97 Å². The highest BCUT2D eigenvalue weighted by molar-refractivity contribution is 7.88. The summed E-state index contributed by atoms with van der Waals surface area (Å²) in [6.07, 6.45) is 0. The number of hydrogen-bond donors (Lipinski definition) is 1. The van der Waals surface area contributed by atoms with Crippen LogP contribution in [-0.4, -0.2) is 28.0 Å². The number of esters is 1. The fraction of sp³-hybridized carbons (Fsp3) is 0.235. The third-order valence-electron chi connectivity index (χ3n) is 3.21. The number of aryl methyl sites for hydroxylation is 1. The molecular formula is C17H19NO5S. The van der Waals surface area contributed by atoms with Crippen LogP contribution in [0.25, 0.3) is 0 Å². The fourth-order valence-corrected chi connectivity index (χ4v) is 3.06. The Kier molecular flexibility index (Phi) is 5.94. The van der Waals surface area contributed by atoms with Crippen LogP contribution in [0.3, 0.4) is 0 Å². The SMILES string of the molecule is COc1ccccc1OC(=O)CNS(=O)(=O)Cc1ccc(C)cc1. The Morgan fingerprint density at radius 1 is 1.04 bits per heavy atom. The van der Waals surface area contributed by atoms with Crippen LogP contribution in [0.15, 0.2) is 48.5 Å². The molecule has 2 rings (SSSR count). The Hall–Kier alpha value is -2.38. The van der Waals surface area contributed by atoms with Gasteiger partial charge in [0.1, 0.15) is 6.54 Å². The molecule has 0 bridgehead atoms. The van der Waals surface area contributed by atoms with Crippen molar-refractivity contribution in [2.75, 3.05) is 13.7 Å². The van der Waals surface area contributed by atoms with Gasteiger partial charge in [0.05, 0.1) is 12.9 Å². The molecule has 1 N–H and O–H groups in total. The van der Waals surface area contributed by atoms with Crippen molar-refractivity contribution in [1.82, 2.24) is 4.72 Å². The largest absolute Gasteiger partial charge is 0.493 e. The van der Waals surface area contributed by atoms with Crippen molar-refractivity contribution in [3.8, 4) is 11.5 Å². The lowest BCUT2D eigenvalue weighted by molar-refractivity contribution is -0.133. The highest BCUT2D eigenvalue weighted by Crippen LogP contribution is 2.25. The van der Waals surface area contributed by atoms with Gasteiger partial charge in [0.2, 0.25) is 10.0 Å². The maximum atomic E-state index is 12.0. The summed E-state index contributed by atoms with van der Waals surface area (Å²) >= 11 is 0. The van der Waals surface area contributed by atoms with Crippen molar-refractivity contribution in [2.45, 2.75) is 12.7 Å².